The minimum atomic E-state index is -0.145. The second kappa shape index (κ2) is 2.78. The molecule has 0 fully saturated rings. The van der Waals surface area contributed by atoms with Gasteiger partial charge >= 0.3 is 0 Å². The molecule has 0 aromatic carbocycles. The monoisotopic (exact) mass is 165 g/mol. The van der Waals surface area contributed by atoms with E-state index in [1.165, 1.54) is 0 Å². The molecule has 2 N–H and O–H groups in total. The molecule has 0 amide bonds. The number of nitrogens with one attached hydrogen (secondary N) is 1. The predicted octanol–water partition coefficient (Wildman–Crippen LogP) is 0.557. The lowest BCUT2D eigenvalue weighted by molar-refractivity contribution is 0.272. The third-order valence-electron chi connectivity index (χ3n) is 1.42. The van der Waals surface area contributed by atoms with Crippen LogP contribution >= 0.6 is 0 Å². The predicted molar refractivity (Wildman–Crippen MR) is 40.0 cm³/mol. The van der Waals surface area contributed by atoms with Crippen molar-refractivity contribution in [3.05, 3.63) is 24.2 Å². The Labute approximate surface area is 68.1 Å². The van der Waals surface area contributed by atoms with Gasteiger partial charge in [0.1, 0.15) is 6.61 Å². The molecule has 0 atom stereocenters. The van der Waals surface area contributed by atoms with Gasteiger partial charge < -0.3 is 9.52 Å². The van der Waals surface area contributed by atoms with Crippen molar-refractivity contribution in [3.8, 4) is 11.6 Å². The number of H-pyrrole nitrogens is 1. The smallest absolute Gasteiger partial charge is 0.216 e. The summed E-state index contributed by atoms with van der Waals surface area (Å²) in [6.07, 6.45) is 1.55. The summed E-state index contributed by atoms with van der Waals surface area (Å²) in [5, 5.41) is 15.1. The fourth-order valence-electron chi connectivity index (χ4n) is 0.882. The van der Waals surface area contributed by atoms with E-state index in [9.17, 15) is 0 Å². The number of hydrogen-bond donors (Lipinski definition) is 2. The number of aliphatic hydroxyl groups excluding tert-OH is 1. The molecule has 2 heterocycles. The molecular weight excluding hydrogens is 158 g/mol. The summed E-state index contributed by atoms with van der Waals surface area (Å²) in [4.78, 5) is 3.96. The van der Waals surface area contributed by atoms with E-state index in [1.807, 2.05) is 0 Å². The molecule has 2 rings (SSSR count). The van der Waals surface area contributed by atoms with Crippen LogP contribution in [-0.4, -0.2) is 20.3 Å². The van der Waals surface area contributed by atoms with Crippen LogP contribution in [0.5, 0.6) is 0 Å². The fraction of sp³-hybridized carbons (Fsp3) is 0.143. The lowest BCUT2D eigenvalue weighted by Gasteiger charge is -1.83. The van der Waals surface area contributed by atoms with Crippen LogP contribution in [0.3, 0.4) is 0 Å². The standard InChI is InChI=1S/C7H7N3O2/c11-4-6-8-7(10-9-6)5-2-1-3-12-5/h1-3,11H,4H2,(H,8,9,10). The second-order valence-corrected chi connectivity index (χ2v) is 2.24. The first-order chi connectivity index (χ1) is 5.90. The Morgan fingerprint density at radius 1 is 1.58 bits per heavy atom. The number of aromatic nitrogens is 3. The number of aromatic amines is 1. The zero-order valence-corrected chi connectivity index (χ0v) is 6.19. The molecule has 0 bridgehead atoms. The molecular formula is C7H7N3O2. The van der Waals surface area contributed by atoms with E-state index in [4.69, 9.17) is 9.52 Å². The number of hydrogen-bond acceptors (Lipinski definition) is 4. The highest BCUT2D eigenvalue weighted by atomic mass is 16.3. The average molecular weight is 165 g/mol. The van der Waals surface area contributed by atoms with E-state index in [0.717, 1.165) is 0 Å². The van der Waals surface area contributed by atoms with E-state index in [2.05, 4.69) is 15.2 Å². The van der Waals surface area contributed by atoms with E-state index >= 15 is 0 Å². The van der Waals surface area contributed by atoms with Crippen LogP contribution in [0.4, 0.5) is 0 Å². The average Bonchev–Trinajstić information content (AvgIpc) is 2.75. The summed E-state index contributed by atoms with van der Waals surface area (Å²) in [7, 11) is 0. The van der Waals surface area contributed by atoms with Gasteiger partial charge in [-0.3, -0.25) is 5.10 Å². The zero-order chi connectivity index (χ0) is 8.39. The Hall–Kier alpha value is -1.62. The van der Waals surface area contributed by atoms with Crippen molar-refractivity contribution in [1.29, 1.82) is 0 Å². The summed E-state index contributed by atoms with van der Waals surface area (Å²) in [5.41, 5.74) is 0. The third-order valence-corrected chi connectivity index (χ3v) is 1.42. The van der Waals surface area contributed by atoms with E-state index in [-0.39, 0.29) is 6.61 Å². The van der Waals surface area contributed by atoms with Crippen LogP contribution in [0.2, 0.25) is 0 Å². The maximum absolute atomic E-state index is 8.68. The number of furan rings is 1. The minimum Gasteiger partial charge on any atom is -0.461 e. The SMILES string of the molecule is OCc1nc(-c2ccco2)n[nH]1. The highest BCUT2D eigenvalue weighted by Crippen LogP contribution is 2.13. The quantitative estimate of drug-likeness (QED) is 0.681. The largest absolute Gasteiger partial charge is 0.461 e. The Bertz CT molecular complexity index is 352. The van der Waals surface area contributed by atoms with Gasteiger partial charge in [0, 0.05) is 0 Å². The van der Waals surface area contributed by atoms with Crippen molar-refractivity contribution in [2.75, 3.05) is 0 Å². The lowest BCUT2D eigenvalue weighted by atomic mass is 10.4. The van der Waals surface area contributed by atoms with Gasteiger partial charge in [0.25, 0.3) is 0 Å². The molecule has 5 nitrogen and oxygen atoms in total. The Kier molecular flexibility index (Phi) is 1.64. The van der Waals surface area contributed by atoms with Crippen molar-refractivity contribution in [3.63, 3.8) is 0 Å². The summed E-state index contributed by atoms with van der Waals surface area (Å²) in [6.45, 7) is -0.145. The second-order valence-electron chi connectivity index (χ2n) is 2.24. The van der Waals surface area contributed by atoms with Gasteiger partial charge in [-0.25, -0.2) is 4.98 Å². The Morgan fingerprint density at radius 2 is 2.50 bits per heavy atom. The zero-order valence-electron chi connectivity index (χ0n) is 6.19. The van der Waals surface area contributed by atoms with Crippen molar-refractivity contribution in [2.24, 2.45) is 0 Å². The van der Waals surface area contributed by atoms with E-state index < -0.39 is 0 Å². The molecule has 12 heavy (non-hydrogen) atoms. The molecule has 0 saturated heterocycles. The number of aliphatic hydroxyl groups is 1. The summed E-state index contributed by atoms with van der Waals surface area (Å²) in [5.74, 6) is 1.48. The molecule has 0 spiro atoms. The molecule has 2 aromatic rings. The number of nitrogens with zero attached hydrogens (tertiary/aromatic N) is 2. The summed E-state index contributed by atoms with van der Waals surface area (Å²) in [6, 6.07) is 3.51. The molecule has 5 heteroatoms. The Morgan fingerprint density at radius 3 is 3.08 bits per heavy atom. The molecule has 0 unspecified atom stereocenters. The molecule has 2 aromatic heterocycles. The van der Waals surface area contributed by atoms with Gasteiger partial charge in [-0.1, -0.05) is 0 Å². The van der Waals surface area contributed by atoms with Crippen LogP contribution in [0.1, 0.15) is 5.82 Å². The van der Waals surface area contributed by atoms with Crippen molar-refractivity contribution >= 4 is 0 Å². The third kappa shape index (κ3) is 1.10. The first-order valence-electron chi connectivity index (χ1n) is 3.46. The van der Waals surface area contributed by atoms with Crippen LogP contribution in [0.15, 0.2) is 22.8 Å². The van der Waals surface area contributed by atoms with Gasteiger partial charge in [-0.15, -0.1) is 5.10 Å². The van der Waals surface area contributed by atoms with Gasteiger partial charge in [-0.05, 0) is 12.1 Å². The van der Waals surface area contributed by atoms with Crippen LogP contribution in [-0.2, 0) is 6.61 Å². The van der Waals surface area contributed by atoms with Gasteiger partial charge in [-0.2, -0.15) is 0 Å². The van der Waals surface area contributed by atoms with Gasteiger partial charge in [0.05, 0.1) is 6.26 Å². The molecule has 0 saturated carbocycles. The normalized spacial score (nSPS) is 10.4. The highest BCUT2D eigenvalue weighted by Gasteiger charge is 2.06. The fourth-order valence-corrected chi connectivity index (χ4v) is 0.882. The topological polar surface area (TPSA) is 74.9 Å². The molecule has 0 radical (unpaired) electrons. The first kappa shape index (κ1) is 7.05. The van der Waals surface area contributed by atoms with Crippen molar-refractivity contribution in [2.45, 2.75) is 6.61 Å². The molecule has 0 aliphatic carbocycles. The lowest BCUT2D eigenvalue weighted by Crippen LogP contribution is -1.84. The summed E-state index contributed by atoms with van der Waals surface area (Å²) >= 11 is 0. The Balaban J connectivity index is 2.35. The number of rotatable bonds is 2. The van der Waals surface area contributed by atoms with Crippen molar-refractivity contribution in [1.82, 2.24) is 15.2 Å². The van der Waals surface area contributed by atoms with Gasteiger partial charge in [0.15, 0.2) is 11.6 Å². The molecule has 0 aliphatic heterocycles. The molecule has 62 valence electrons. The first-order valence-corrected chi connectivity index (χ1v) is 3.46. The minimum absolute atomic E-state index is 0.145. The molecule has 0 aliphatic rings. The maximum Gasteiger partial charge on any atom is 0.216 e. The summed E-state index contributed by atoms with van der Waals surface area (Å²) < 4.78 is 5.05. The van der Waals surface area contributed by atoms with Crippen LogP contribution in [0, 0.1) is 0 Å². The van der Waals surface area contributed by atoms with E-state index in [0.29, 0.717) is 17.4 Å². The van der Waals surface area contributed by atoms with Crippen LogP contribution in [0.25, 0.3) is 11.6 Å². The van der Waals surface area contributed by atoms with Crippen LogP contribution < -0.4 is 0 Å². The maximum atomic E-state index is 8.68. The van der Waals surface area contributed by atoms with Crippen molar-refractivity contribution < 1.29 is 9.52 Å². The highest BCUT2D eigenvalue weighted by molar-refractivity contribution is 5.44. The van der Waals surface area contributed by atoms with Gasteiger partial charge in [0.2, 0.25) is 5.82 Å². The van der Waals surface area contributed by atoms with E-state index in [1.54, 1.807) is 18.4 Å².